The van der Waals surface area contributed by atoms with Crippen molar-refractivity contribution >= 4 is 43.7 Å². The highest BCUT2D eigenvalue weighted by molar-refractivity contribution is 6.11. The quantitative estimate of drug-likeness (QED) is 0.172. The van der Waals surface area contributed by atoms with Gasteiger partial charge in [0.2, 0.25) is 0 Å². The molecule has 11 aromatic rings. The van der Waals surface area contributed by atoms with Gasteiger partial charge in [0, 0.05) is 43.9 Å². The molecular weight excluding hydrogens is 685 g/mol. The number of fused-ring (bicyclic) bond motifs is 6. The van der Waals surface area contributed by atoms with Gasteiger partial charge in [-0.3, -0.25) is 0 Å². The van der Waals surface area contributed by atoms with Gasteiger partial charge in [0.15, 0.2) is 17.5 Å². The van der Waals surface area contributed by atoms with Crippen LogP contribution in [0.25, 0.3) is 106 Å². The van der Waals surface area contributed by atoms with E-state index in [9.17, 15) is 0 Å². The van der Waals surface area contributed by atoms with E-state index in [0.717, 1.165) is 66.5 Å². The van der Waals surface area contributed by atoms with Crippen molar-refractivity contribution in [3.63, 3.8) is 0 Å². The van der Waals surface area contributed by atoms with E-state index in [1.807, 2.05) is 54.6 Å². The molecule has 0 atom stereocenters. The van der Waals surface area contributed by atoms with Crippen molar-refractivity contribution in [1.29, 1.82) is 0 Å². The van der Waals surface area contributed by atoms with E-state index in [4.69, 9.17) is 19.4 Å². The molecule has 0 aliphatic heterocycles. The molecule has 56 heavy (non-hydrogen) atoms. The van der Waals surface area contributed by atoms with Crippen LogP contribution < -0.4 is 0 Å². The van der Waals surface area contributed by atoms with Gasteiger partial charge in [-0.15, -0.1) is 0 Å². The van der Waals surface area contributed by atoms with Crippen LogP contribution in [0.1, 0.15) is 0 Å². The lowest BCUT2D eigenvalue weighted by Gasteiger charge is -2.14. The van der Waals surface area contributed by atoms with Crippen LogP contribution in [-0.4, -0.2) is 19.5 Å². The van der Waals surface area contributed by atoms with E-state index < -0.39 is 0 Å². The number of benzene rings is 8. The third-order valence-corrected chi connectivity index (χ3v) is 10.6. The fraction of sp³-hybridized carbons (Fsp3) is 0. The minimum atomic E-state index is 0.577. The third kappa shape index (κ3) is 5.45. The van der Waals surface area contributed by atoms with Gasteiger partial charge >= 0.3 is 0 Å². The summed E-state index contributed by atoms with van der Waals surface area (Å²) in [4.78, 5) is 15.4. The summed E-state index contributed by atoms with van der Waals surface area (Å²) < 4.78 is 8.66. The Hall–Kier alpha value is -7.63. The van der Waals surface area contributed by atoms with E-state index in [-0.39, 0.29) is 0 Å². The first-order valence-corrected chi connectivity index (χ1v) is 18.8. The topological polar surface area (TPSA) is 56.7 Å². The average molecular weight is 717 g/mol. The molecule has 262 valence electrons. The zero-order chi connectivity index (χ0) is 37.0. The minimum absolute atomic E-state index is 0.577. The summed E-state index contributed by atoms with van der Waals surface area (Å²) in [5.74, 6) is 1.77. The summed E-state index contributed by atoms with van der Waals surface area (Å²) in [6.45, 7) is 0. The largest absolute Gasteiger partial charge is 0.456 e. The molecule has 11 rings (SSSR count). The molecule has 8 aromatic carbocycles. The van der Waals surface area contributed by atoms with Crippen molar-refractivity contribution in [2.75, 3.05) is 0 Å². The predicted octanol–water partition coefficient (Wildman–Crippen LogP) is 13.2. The fourth-order valence-corrected chi connectivity index (χ4v) is 7.94. The van der Waals surface area contributed by atoms with Gasteiger partial charge in [-0.25, -0.2) is 15.0 Å². The second-order valence-corrected chi connectivity index (χ2v) is 14.1. The van der Waals surface area contributed by atoms with Crippen LogP contribution in [0, 0.1) is 0 Å². The number of aromatic nitrogens is 4. The normalized spacial score (nSPS) is 11.6. The third-order valence-electron chi connectivity index (χ3n) is 10.6. The van der Waals surface area contributed by atoms with Crippen LogP contribution in [-0.2, 0) is 0 Å². The molecule has 0 spiro atoms. The maximum Gasteiger partial charge on any atom is 0.164 e. The highest BCUT2D eigenvalue weighted by Crippen LogP contribution is 2.38. The highest BCUT2D eigenvalue weighted by Gasteiger charge is 2.19. The summed E-state index contributed by atoms with van der Waals surface area (Å²) in [6.07, 6.45) is 0. The molecule has 3 aromatic heterocycles. The first-order chi connectivity index (χ1) is 27.7. The van der Waals surface area contributed by atoms with Gasteiger partial charge in [-0.05, 0) is 76.9 Å². The molecule has 0 fully saturated rings. The first-order valence-electron chi connectivity index (χ1n) is 18.8. The first kappa shape index (κ1) is 31.9. The van der Waals surface area contributed by atoms with Crippen molar-refractivity contribution in [1.82, 2.24) is 19.5 Å². The molecule has 0 aliphatic rings. The SMILES string of the molecule is c1ccc(-c2cc(-c3nc(-c4ccccc4)nc(-c4ccc5c(c4)oc4ccccc45)n3)cc(-n3c4ccccc4c4cc(-c5ccccc5)ccc43)c2)cc1. The molecule has 3 heterocycles. The lowest BCUT2D eigenvalue weighted by Crippen LogP contribution is -2.02. The van der Waals surface area contributed by atoms with Crippen LogP contribution in [0.3, 0.4) is 0 Å². The summed E-state index contributed by atoms with van der Waals surface area (Å²) in [5, 5.41) is 4.54. The standard InChI is InChI=1S/C51H32N4O/c1-4-14-33(15-5-1)36-25-27-46-44(31-36)41-20-10-12-22-45(41)55(46)40-29-38(34-16-6-2-7-17-34)28-39(30-40)51-53-49(35-18-8-3-9-19-35)52-50(54-51)37-24-26-43-42-21-11-13-23-47(42)56-48(43)32-37/h1-32H. The van der Waals surface area contributed by atoms with E-state index in [1.54, 1.807) is 0 Å². The van der Waals surface area contributed by atoms with Crippen molar-refractivity contribution < 1.29 is 4.42 Å². The van der Waals surface area contributed by atoms with Crippen molar-refractivity contribution in [3.8, 4) is 62.1 Å². The van der Waals surface area contributed by atoms with Gasteiger partial charge in [-0.2, -0.15) is 0 Å². The van der Waals surface area contributed by atoms with Crippen LogP contribution in [0.2, 0.25) is 0 Å². The molecular formula is C51H32N4O. The Morgan fingerprint density at radius 3 is 1.59 bits per heavy atom. The Balaban J connectivity index is 1.14. The average Bonchev–Trinajstić information content (AvgIpc) is 3.82. The number of hydrogen-bond acceptors (Lipinski definition) is 4. The lowest BCUT2D eigenvalue weighted by atomic mass is 10.0. The predicted molar refractivity (Wildman–Crippen MR) is 229 cm³/mol. The Morgan fingerprint density at radius 1 is 0.304 bits per heavy atom. The smallest absolute Gasteiger partial charge is 0.164 e. The van der Waals surface area contributed by atoms with Gasteiger partial charge in [0.1, 0.15) is 11.2 Å². The van der Waals surface area contributed by atoms with Crippen LogP contribution in [0.4, 0.5) is 0 Å². The molecule has 5 heteroatoms. The summed E-state index contributed by atoms with van der Waals surface area (Å²) >= 11 is 0. The number of nitrogens with zero attached hydrogens (tertiary/aromatic N) is 4. The molecule has 0 unspecified atom stereocenters. The second kappa shape index (κ2) is 13.0. The molecule has 0 aliphatic carbocycles. The Labute approximate surface area is 322 Å². The maximum absolute atomic E-state index is 6.29. The molecule has 5 nitrogen and oxygen atoms in total. The highest BCUT2D eigenvalue weighted by atomic mass is 16.3. The monoisotopic (exact) mass is 716 g/mol. The van der Waals surface area contributed by atoms with E-state index in [2.05, 4.69) is 144 Å². The van der Waals surface area contributed by atoms with Crippen molar-refractivity contribution in [3.05, 3.63) is 194 Å². The van der Waals surface area contributed by atoms with Crippen molar-refractivity contribution in [2.45, 2.75) is 0 Å². The molecule has 0 radical (unpaired) electrons. The molecule has 0 saturated heterocycles. The lowest BCUT2D eigenvalue weighted by molar-refractivity contribution is 0.669. The Morgan fingerprint density at radius 2 is 0.839 bits per heavy atom. The van der Waals surface area contributed by atoms with E-state index in [1.165, 1.54) is 21.9 Å². The molecule has 0 saturated carbocycles. The van der Waals surface area contributed by atoms with Gasteiger partial charge < -0.3 is 8.98 Å². The minimum Gasteiger partial charge on any atom is -0.456 e. The number of furan rings is 1. The van der Waals surface area contributed by atoms with Gasteiger partial charge in [0.25, 0.3) is 0 Å². The Kier molecular flexibility index (Phi) is 7.42. The number of rotatable bonds is 6. The number of hydrogen-bond donors (Lipinski definition) is 0. The molecule has 0 N–H and O–H groups in total. The summed E-state index contributed by atoms with van der Waals surface area (Å²) in [6, 6.07) is 67.6. The van der Waals surface area contributed by atoms with E-state index >= 15 is 0 Å². The van der Waals surface area contributed by atoms with Gasteiger partial charge in [-0.1, -0.05) is 140 Å². The molecule has 0 amide bonds. The van der Waals surface area contributed by atoms with E-state index in [0.29, 0.717) is 17.5 Å². The zero-order valence-corrected chi connectivity index (χ0v) is 30.2. The Bertz CT molecular complexity index is 3240. The summed E-state index contributed by atoms with van der Waals surface area (Å²) in [5.41, 5.74) is 12.1. The summed E-state index contributed by atoms with van der Waals surface area (Å²) in [7, 11) is 0. The number of para-hydroxylation sites is 2. The van der Waals surface area contributed by atoms with Crippen LogP contribution >= 0.6 is 0 Å². The second-order valence-electron chi connectivity index (χ2n) is 14.1. The fourth-order valence-electron chi connectivity index (χ4n) is 7.94. The zero-order valence-electron chi connectivity index (χ0n) is 30.2. The maximum atomic E-state index is 6.29. The molecule has 0 bridgehead atoms. The van der Waals surface area contributed by atoms with Crippen LogP contribution in [0.15, 0.2) is 199 Å². The van der Waals surface area contributed by atoms with Gasteiger partial charge in [0.05, 0.1) is 11.0 Å². The van der Waals surface area contributed by atoms with Crippen molar-refractivity contribution in [2.24, 2.45) is 0 Å². The van der Waals surface area contributed by atoms with Crippen LogP contribution in [0.5, 0.6) is 0 Å².